The van der Waals surface area contributed by atoms with Crippen molar-refractivity contribution in [1.29, 1.82) is 0 Å². The Morgan fingerprint density at radius 2 is 1.92 bits per heavy atom. The van der Waals surface area contributed by atoms with Gasteiger partial charge in [0.1, 0.15) is 12.3 Å². The number of carboxylic acids is 2. The quantitative estimate of drug-likeness (QED) is 0.291. The number of hydrogen-bond acceptors (Lipinski definition) is 5. The largest absolute Gasteiger partial charge is 0.480 e. The molecule has 70 valence electrons. The van der Waals surface area contributed by atoms with Crippen molar-refractivity contribution in [1.82, 2.24) is 5.32 Å². The zero-order chi connectivity index (χ0) is 9.72. The molecule has 0 aliphatic rings. The lowest BCUT2D eigenvalue weighted by atomic mass is 10.3. The number of carbonyl (C=O) groups is 2. The van der Waals surface area contributed by atoms with Gasteiger partial charge < -0.3 is 21.1 Å². The van der Waals surface area contributed by atoms with Crippen LogP contribution < -0.4 is 11.1 Å². The molecule has 0 spiro atoms. The molecule has 0 fully saturated rings. The van der Waals surface area contributed by atoms with E-state index in [1.807, 2.05) is 5.32 Å². The summed E-state index contributed by atoms with van der Waals surface area (Å²) in [4.78, 5) is 20.0. The predicted molar refractivity (Wildman–Crippen MR) is 37.3 cm³/mol. The number of nitrogens with two attached hydrogens (primary N) is 1. The number of aliphatic hydroxyl groups is 1. The minimum absolute atomic E-state index is 0.540. The molecule has 7 heteroatoms. The number of rotatable bonds is 5. The van der Waals surface area contributed by atoms with Crippen molar-refractivity contribution in [2.24, 2.45) is 5.73 Å². The molecule has 0 rings (SSSR count). The molecule has 12 heavy (non-hydrogen) atoms. The van der Waals surface area contributed by atoms with E-state index in [1.165, 1.54) is 0 Å². The van der Waals surface area contributed by atoms with E-state index in [4.69, 9.17) is 21.1 Å². The van der Waals surface area contributed by atoms with Crippen LogP contribution in [0, 0.1) is 0 Å². The molecule has 0 aromatic carbocycles. The van der Waals surface area contributed by atoms with Gasteiger partial charge in [0.25, 0.3) is 0 Å². The summed E-state index contributed by atoms with van der Waals surface area (Å²) in [7, 11) is 0. The lowest BCUT2D eigenvalue weighted by Gasteiger charge is -2.14. The third-order valence-electron chi connectivity index (χ3n) is 1.09. The van der Waals surface area contributed by atoms with Gasteiger partial charge in [0.2, 0.25) is 0 Å². The van der Waals surface area contributed by atoms with Crippen LogP contribution in [-0.4, -0.2) is 46.1 Å². The summed E-state index contributed by atoms with van der Waals surface area (Å²) >= 11 is 0. The summed E-state index contributed by atoms with van der Waals surface area (Å²) in [5.41, 5.74) is 4.94. The first-order chi connectivity index (χ1) is 5.45. The van der Waals surface area contributed by atoms with E-state index in [2.05, 4.69) is 0 Å². The fourth-order valence-electron chi connectivity index (χ4n) is 0.454. The summed E-state index contributed by atoms with van der Waals surface area (Å²) in [5, 5.41) is 27.2. The lowest BCUT2D eigenvalue weighted by molar-refractivity contribution is -0.143. The average molecular weight is 178 g/mol. The Hall–Kier alpha value is -1.18. The van der Waals surface area contributed by atoms with Gasteiger partial charge in [-0.1, -0.05) is 0 Å². The van der Waals surface area contributed by atoms with Crippen molar-refractivity contribution in [3.63, 3.8) is 0 Å². The molecular formula is C5H10N2O5. The molecule has 0 radical (unpaired) electrons. The number of aliphatic carboxylic acids is 2. The van der Waals surface area contributed by atoms with Crippen LogP contribution in [0.25, 0.3) is 0 Å². The minimum Gasteiger partial charge on any atom is -0.480 e. The van der Waals surface area contributed by atoms with Gasteiger partial charge in [0.15, 0.2) is 0 Å². The first kappa shape index (κ1) is 10.8. The number of carboxylic acid groups (broad SMARTS) is 2. The number of aliphatic hydroxyl groups excluding tert-OH is 1. The Balaban J connectivity index is 3.79. The smallest absolute Gasteiger partial charge is 0.324 e. The van der Waals surface area contributed by atoms with Crippen LogP contribution in [0.1, 0.15) is 0 Å². The molecule has 0 aromatic rings. The highest BCUT2D eigenvalue weighted by molar-refractivity contribution is 5.74. The van der Waals surface area contributed by atoms with Gasteiger partial charge in [-0.05, 0) is 0 Å². The zero-order valence-corrected chi connectivity index (χ0v) is 6.10. The highest BCUT2D eigenvalue weighted by Gasteiger charge is 2.21. The van der Waals surface area contributed by atoms with E-state index in [9.17, 15) is 9.59 Å². The van der Waals surface area contributed by atoms with Crippen LogP contribution in [-0.2, 0) is 9.59 Å². The van der Waals surface area contributed by atoms with E-state index >= 15 is 0 Å². The Kier molecular flexibility index (Phi) is 4.19. The second kappa shape index (κ2) is 4.65. The number of hydrogen-bond donors (Lipinski definition) is 5. The first-order valence-electron chi connectivity index (χ1n) is 3.06. The fourth-order valence-corrected chi connectivity index (χ4v) is 0.454. The molecular weight excluding hydrogens is 168 g/mol. The van der Waals surface area contributed by atoms with Crippen LogP contribution in [0.2, 0.25) is 0 Å². The molecule has 7 nitrogen and oxygen atoms in total. The van der Waals surface area contributed by atoms with E-state index in [0.717, 1.165) is 0 Å². The molecule has 0 aromatic heterocycles. The molecule has 0 heterocycles. The van der Waals surface area contributed by atoms with Crippen molar-refractivity contribution >= 4 is 11.9 Å². The van der Waals surface area contributed by atoms with Crippen LogP contribution >= 0.6 is 0 Å². The SMILES string of the molecule is N[C@H](C(=O)O)C(O)NCC(=O)O. The van der Waals surface area contributed by atoms with Gasteiger partial charge in [-0.3, -0.25) is 14.9 Å². The summed E-state index contributed by atoms with van der Waals surface area (Å²) in [6.07, 6.45) is -1.56. The maximum absolute atomic E-state index is 10.1. The Morgan fingerprint density at radius 3 is 2.25 bits per heavy atom. The van der Waals surface area contributed by atoms with E-state index in [-0.39, 0.29) is 0 Å². The maximum atomic E-state index is 10.1. The summed E-state index contributed by atoms with van der Waals surface area (Å²) in [6, 6.07) is -1.52. The number of nitrogens with one attached hydrogen (secondary N) is 1. The van der Waals surface area contributed by atoms with Crippen molar-refractivity contribution in [3.05, 3.63) is 0 Å². The summed E-state index contributed by atoms with van der Waals surface area (Å²) in [5.74, 6) is -2.60. The van der Waals surface area contributed by atoms with Gasteiger partial charge in [0.05, 0.1) is 6.54 Å². The topological polar surface area (TPSA) is 133 Å². The summed E-state index contributed by atoms with van der Waals surface area (Å²) in [6.45, 7) is -0.540. The predicted octanol–water partition coefficient (Wildman–Crippen LogP) is -2.61. The molecule has 2 atom stereocenters. The average Bonchev–Trinajstić information content (AvgIpc) is 1.98. The molecule has 0 saturated carbocycles. The first-order valence-corrected chi connectivity index (χ1v) is 3.06. The van der Waals surface area contributed by atoms with Crippen LogP contribution in [0.15, 0.2) is 0 Å². The van der Waals surface area contributed by atoms with Gasteiger partial charge in [0, 0.05) is 0 Å². The standard InChI is InChI=1S/C5H10N2O5/c6-3(5(11)12)4(10)7-1-2(8)9/h3-4,7,10H,1,6H2,(H,8,9)(H,11,12)/t3-,4?/m0/s1. The van der Waals surface area contributed by atoms with E-state index in [1.54, 1.807) is 0 Å². The molecule has 0 saturated heterocycles. The molecule has 6 N–H and O–H groups in total. The van der Waals surface area contributed by atoms with E-state index in [0.29, 0.717) is 0 Å². The second-order valence-electron chi connectivity index (χ2n) is 2.08. The van der Waals surface area contributed by atoms with Crippen molar-refractivity contribution in [2.45, 2.75) is 12.3 Å². The molecule has 1 unspecified atom stereocenters. The maximum Gasteiger partial charge on any atom is 0.324 e. The molecule has 0 aliphatic carbocycles. The molecule has 0 amide bonds. The van der Waals surface area contributed by atoms with Crippen LogP contribution in [0.4, 0.5) is 0 Å². The molecule has 0 aliphatic heterocycles. The Bertz CT molecular complexity index is 183. The fraction of sp³-hybridized carbons (Fsp3) is 0.600. The third kappa shape index (κ3) is 3.86. The highest BCUT2D eigenvalue weighted by atomic mass is 16.4. The minimum atomic E-state index is -1.56. The highest BCUT2D eigenvalue weighted by Crippen LogP contribution is 1.85. The third-order valence-corrected chi connectivity index (χ3v) is 1.09. The van der Waals surface area contributed by atoms with Crippen molar-refractivity contribution in [2.75, 3.05) is 6.54 Å². The van der Waals surface area contributed by atoms with Crippen LogP contribution in [0.3, 0.4) is 0 Å². The van der Waals surface area contributed by atoms with E-state index < -0.39 is 30.8 Å². The normalized spacial score (nSPS) is 15.2. The zero-order valence-electron chi connectivity index (χ0n) is 6.10. The van der Waals surface area contributed by atoms with Gasteiger partial charge in [-0.25, -0.2) is 0 Å². The van der Waals surface area contributed by atoms with Crippen LogP contribution in [0.5, 0.6) is 0 Å². The van der Waals surface area contributed by atoms with Gasteiger partial charge in [-0.2, -0.15) is 0 Å². The molecule has 0 bridgehead atoms. The lowest BCUT2D eigenvalue weighted by Crippen LogP contribution is -2.50. The van der Waals surface area contributed by atoms with Gasteiger partial charge >= 0.3 is 11.9 Å². The second-order valence-corrected chi connectivity index (χ2v) is 2.08. The van der Waals surface area contributed by atoms with Crippen molar-refractivity contribution in [3.8, 4) is 0 Å². The van der Waals surface area contributed by atoms with Gasteiger partial charge in [-0.15, -0.1) is 0 Å². The van der Waals surface area contributed by atoms with Crippen molar-refractivity contribution < 1.29 is 24.9 Å². The summed E-state index contributed by atoms with van der Waals surface area (Å²) < 4.78 is 0. The Labute approximate surface area is 67.8 Å². The monoisotopic (exact) mass is 178 g/mol. The Morgan fingerprint density at radius 1 is 1.42 bits per heavy atom.